The van der Waals surface area contributed by atoms with Crippen LogP contribution in [0.25, 0.3) is 0 Å². The van der Waals surface area contributed by atoms with Crippen molar-refractivity contribution >= 4 is 6.01 Å². The first-order valence-electron chi connectivity index (χ1n) is 5.70. The molecule has 0 radical (unpaired) electrons. The van der Waals surface area contributed by atoms with E-state index in [4.69, 9.17) is 4.52 Å². The third-order valence-corrected chi connectivity index (χ3v) is 2.45. The van der Waals surface area contributed by atoms with Gasteiger partial charge in [0.1, 0.15) is 0 Å². The van der Waals surface area contributed by atoms with Crippen LogP contribution in [0.2, 0.25) is 0 Å². The number of nitrogens with zero attached hydrogens (tertiary/aromatic N) is 4. The lowest BCUT2D eigenvalue weighted by molar-refractivity contribution is 0.424. The van der Waals surface area contributed by atoms with Crippen molar-refractivity contribution in [3.63, 3.8) is 0 Å². The van der Waals surface area contributed by atoms with Crippen molar-refractivity contribution in [2.75, 3.05) is 11.9 Å². The standard InChI is InChI=1S/C11H17N5O/c1-8-7-9(2)16(14-8)6-4-5-12-11-13-10(3)15-17-11/h7H,4-6H2,1-3H3,(H,12,13,15). The molecule has 0 bridgehead atoms. The van der Waals surface area contributed by atoms with Crippen molar-refractivity contribution < 1.29 is 4.52 Å². The van der Waals surface area contributed by atoms with E-state index in [9.17, 15) is 0 Å². The van der Waals surface area contributed by atoms with E-state index < -0.39 is 0 Å². The lowest BCUT2D eigenvalue weighted by Crippen LogP contribution is -2.09. The highest BCUT2D eigenvalue weighted by Gasteiger charge is 2.02. The molecule has 0 unspecified atom stereocenters. The second-order valence-corrected chi connectivity index (χ2v) is 4.08. The molecule has 6 heteroatoms. The SMILES string of the molecule is Cc1cc(C)n(CCCNc2nc(C)no2)n1. The summed E-state index contributed by atoms with van der Waals surface area (Å²) in [4.78, 5) is 4.07. The molecule has 2 rings (SSSR count). The van der Waals surface area contributed by atoms with Gasteiger partial charge in [-0.1, -0.05) is 5.16 Å². The Kier molecular flexibility index (Phi) is 3.41. The Labute approximate surface area is 100 Å². The molecule has 92 valence electrons. The van der Waals surface area contributed by atoms with E-state index in [2.05, 4.69) is 33.5 Å². The largest absolute Gasteiger partial charge is 0.338 e. The Morgan fingerprint density at radius 2 is 2.18 bits per heavy atom. The topological polar surface area (TPSA) is 68.8 Å². The number of aromatic nitrogens is 4. The fourth-order valence-electron chi connectivity index (χ4n) is 1.69. The maximum atomic E-state index is 4.95. The molecule has 0 aliphatic carbocycles. The van der Waals surface area contributed by atoms with Gasteiger partial charge in [0.25, 0.3) is 0 Å². The third-order valence-electron chi connectivity index (χ3n) is 2.45. The van der Waals surface area contributed by atoms with Crippen LogP contribution in [0.1, 0.15) is 23.6 Å². The van der Waals surface area contributed by atoms with Crippen molar-refractivity contribution in [2.45, 2.75) is 33.7 Å². The monoisotopic (exact) mass is 235 g/mol. The van der Waals surface area contributed by atoms with E-state index in [1.165, 1.54) is 5.69 Å². The first-order valence-corrected chi connectivity index (χ1v) is 5.70. The zero-order valence-corrected chi connectivity index (χ0v) is 10.4. The first-order chi connectivity index (χ1) is 8.15. The van der Waals surface area contributed by atoms with Gasteiger partial charge in [-0.25, -0.2) is 0 Å². The summed E-state index contributed by atoms with van der Waals surface area (Å²) in [7, 11) is 0. The summed E-state index contributed by atoms with van der Waals surface area (Å²) in [6.45, 7) is 7.54. The highest BCUT2D eigenvalue weighted by Crippen LogP contribution is 2.04. The van der Waals surface area contributed by atoms with Gasteiger partial charge in [0, 0.05) is 18.8 Å². The minimum atomic E-state index is 0.482. The molecule has 2 aromatic rings. The van der Waals surface area contributed by atoms with Crippen LogP contribution >= 0.6 is 0 Å². The zero-order chi connectivity index (χ0) is 12.3. The van der Waals surface area contributed by atoms with E-state index in [1.54, 1.807) is 6.92 Å². The van der Waals surface area contributed by atoms with Gasteiger partial charge in [0.15, 0.2) is 5.82 Å². The zero-order valence-electron chi connectivity index (χ0n) is 10.4. The van der Waals surface area contributed by atoms with Gasteiger partial charge in [-0.05, 0) is 33.3 Å². The predicted molar refractivity (Wildman–Crippen MR) is 63.8 cm³/mol. The van der Waals surface area contributed by atoms with Crippen LogP contribution in [0.3, 0.4) is 0 Å². The average molecular weight is 235 g/mol. The van der Waals surface area contributed by atoms with Crippen molar-refractivity contribution in [2.24, 2.45) is 0 Å². The Morgan fingerprint density at radius 1 is 1.35 bits per heavy atom. The van der Waals surface area contributed by atoms with Gasteiger partial charge < -0.3 is 9.84 Å². The molecule has 2 aromatic heterocycles. The molecule has 0 atom stereocenters. The molecule has 0 spiro atoms. The number of nitrogens with one attached hydrogen (secondary N) is 1. The summed E-state index contributed by atoms with van der Waals surface area (Å²) in [5, 5.41) is 11.2. The van der Waals surface area contributed by atoms with Crippen LogP contribution < -0.4 is 5.32 Å². The Morgan fingerprint density at radius 3 is 2.76 bits per heavy atom. The van der Waals surface area contributed by atoms with Crippen LogP contribution in [0.5, 0.6) is 0 Å². The van der Waals surface area contributed by atoms with Crippen LogP contribution in [0.4, 0.5) is 6.01 Å². The Balaban J connectivity index is 1.75. The highest BCUT2D eigenvalue weighted by molar-refractivity contribution is 5.17. The fourth-order valence-corrected chi connectivity index (χ4v) is 1.69. The number of anilines is 1. The Hall–Kier alpha value is -1.85. The molecule has 0 saturated carbocycles. The van der Waals surface area contributed by atoms with Crippen LogP contribution in [-0.2, 0) is 6.54 Å². The quantitative estimate of drug-likeness (QED) is 0.799. The molecule has 0 aromatic carbocycles. The summed E-state index contributed by atoms with van der Waals surface area (Å²) in [6.07, 6.45) is 0.962. The first kappa shape index (κ1) is 11.6. The number of rotatable bonds is 5. The van der Waals surface area contributed by atoms with Crippen LogP contribution in [-0.4, -0.2) is 26.5 Å². The van der Waals surface area contributed by atoms with Crippen LogP contribution in [0, 0.1) is 20.8 Å². The molecule has 0 aliphatic rings. The molecule has 1 N–H and O–H groups in total. The molecule has 0 amide bonds. The van der Waals surface area contributed by atoms with E-state index >= 15 is 0 Å². The van der Waals surface area contributed by atoms with Gasteiger partial charge in [-0.3, -0.25) is 4.68 Å². The molecular weight excluding hydrogens is 218 g/mol. The lowest BCUT2D eigenvalue weighted by atomic mass is 10.4. The molecule has 17 heavy (non-hydrogen) atoms. The summed E-state index contributed by atoms with van der Waals surface area (Å²) < 4.78 is 6.96. The van der Waals surface area contributed by atoms with E-state index in [0.29, 0.717) is 11.8 Å². The van der Waals surface area contributed by atoms with Crippen molar-refractivity contribution in [1.29, 1.82) is 0 Å². The maximum Gasteiger partial charge on any atom is 0.321 e. The summed E-state index contributed by atoms with van der Waals surface area (Å²) in [6, 6.07) is 2.56. The Bertz CT molecular complexity index is 488. The minimum absolute atomic E-state index is 0.482. The molecule has 0 fully saturated rings. The van der Waals surface area contributed by atoms with Crippen molar-refractivity contribution in [3.8, 4) is 0 Å². The second-order valence-electron chi connectivity index (χ2n) is 4.08. The smallest absolute Gasteiger partial charge is 0.321 e. The number of aryl methyl sites for hydroxylation is 4. The van der Waals surface area contributed by atoms with Gasteiger partial charge >= 0.3 is 6.01 Å². The summed E-state index contributed by atoms with van der Waals surface area (Å²) >= 11 is 0. The maximum absolute atomic E-state index is 4.95. The van der Waals surface area contributed by atoms with E-state index in [-0.39, 0.29) is 0 Å². The third kappa shape index (κ3) is 3.05. The van der Waals surface area contributed by atoms with Crippen molar-refractivity contribution in [3.05, 3.63) is 23.3 Å². The average Bonchev–Trinajstić information content (AvgIpc) is 2.81. The molecule has 2 heterocycles. The summed E-state index contributed by atoms with van der Waals surface area (Å²) in [5.74, 6) is 0.644. The minimum Gasteiger partial charge on any atom is -0.338 e. The van der Waals surface area contributed by atoms with Gasteiger partial charge in [-0.2, -0.15) is 10.1 Å². The van der Waals surface area contributed by atoms with Crippen LogP contribution in [0.15, 0.2) is 10.6 Å². The highest BCUT2D eigenvalue weighted by atomic mass is 16.5. The molecule has 6 nitrogen and oxygen atoms in total. The second kappa shape index (κ2) is 4.99. The van der Waals surface area contributed by atoms with Gasteiger partial charge in [-0.15, -0.1) is 0 Å². The van der Waals surface area contributed by atoms with Crippen molar-refractivity contribution in [1.82, 2.24) is 19.9 Å². The normalized spacial score (nSPS) is 10.8. The lowest BCUT2D eigenvalue weighted by Gasteiger charge is -2.04. The summed E-state index contributed by atoms with van der Waals surface area (Å²) in [5.41, 5.74) is 2.25. The van der Waals surface area contributed by atoms with E-state index in [1.807, 2.05) is 11.6 Å². The fraction of sp³-hybridized carbons (Fsp3) is 0.545. The number of hydrogen-bond donors (Lipinski definition) is 1. The van der Waals surface area contributed by atoms with Gasteiger partial charge in [0.05, 0.1) is 5.69 Å². The molecule has 0 saturated heterocycles. The molecule has 0 aliphatic heterocycles. The van der Waals surface area contributed by atoms with Gasteiger partial charge in [0.2, 0.25) is 0 Å². The van der Waals surface area contributed by atoms with E-state index in [0.717, 1.165) is 25.2 Å². The molecular formula is C11H17N5O. The number of hydrogen-bond acceptors (Lipinski definition) is 5. The predicted octanol–water partition coefficient (Wildman–Crippen LogP) is 1.69.